The summed E-state index contributed by atoms with van der Waals surface area (Å²) in [7, 11) is 0. The predicted molar refractivity (Wildman–Crippen MR) is 105 cm³/mol. The van der Waals surface area contributed by atoms with Gasteiger partial charge in [0.25, 0.3) is 0 Å². The highest BCUT2D eigenvalue weighted by atomic mass is 35.5. The molecule has 1 aromatic heterocycles. The quantitative estimate of drug-likeness (QED) is 0.465. The van der Waals surface area contributed by atoms with Gasteiger partial charge in [0.2, 0.25) is 0 Å². The molecule has 2 aromatic rings. The first-order valence-electron chi connectivity index (χ1n) is 8.39. The first-order valence-corrected chi connectivity index (χ1v) is 9.56. The Morgan fingerprint density at radius 2 is 1.89 bits per heavy atom. The molecule has 0 atom stereocenters. The van der Waals surface area contributed by atoms with Crippen LogP contribution >= 0.6 is 35.4 Å². The van der Waals surface area contributed by atoms with Crippen molar-refractivity contribution in [1.82, 2.24) is 15.1 Å². The molecule has 0 aliphatic heterocycles. The largest absolute Gasteiger partial charge is 0.436 e. The van der Waals surface area contributed by atoms with E-state index >= 15 is 0 Å². The topological polar surface area (TPSA) is 41.9 Å². The molecule has 3 rings (SSSR count). The molecule has 1 heterocycles. The van der Waals surface area contributed by atoms with Crippen LogP contribution in [-0.4, -0.2) is 21.4 Å². The number of alkyl halides is 3. The summed E-state index contributed by atoms with van der Waals surface area (Å²) in [5, 5.41) is 10.5. The van der Waals surface area contributed by atoms with E-state index in [2.05, 4.69) is 15.7 Å². The van der Waals surface area contributed by atoms with Crippen molar-refractivity contribution in [2.45, 2.75) is 37.9 Å². The van der Waals surface area contributed by atoms with Crippen LogP contribution in [0.5, 0.6) is 0 Å². The lowest BCUT2D eigenvalue weighted by Gasteiger charge is -2.11. The Hall–Kier alpha value is -1.51. The third-order valence-electron chi connectivity index (χ3n) is 4.10. The van der Waals surface area contributed by atoms with E-state index in [1.54, 1.807) is 24.3 Å². The maximum Gasteiger partial charge on any atom is 0.436 e. The zero-order valence-corrected chi connectivity index (χ0v) is 16.4. The van der Waals surface area contributed by atoms with Gasteiger partial charge in [0, 0.05) is 29.7 Å². The lowest BCUT2D eigenvalue weighted by molar-refractivity contribution is -0.141. The zero-order valence-electron chi connectivity index (χ0n) is 14.1. The van der Waals surface area contributed by atoms with Crippen LogP contribution in [0.25, 0.3) is 0 Å². The fraction of sp³-hybridized carbons (Fsp3) is 0.412. The summed E-state index contributed by atoms with van der Waals surface area (Å²) in [6.45, 7) is 0.820. The van der Waals surface area contributed by atoms with Gasteiger partial charge in [-0.1, -0.05) is 23.2 Å². The monoisotopic (exact) mass is 436 g/mol. The van der Waals surface area contributed by atoms with E-state index in [1.165, 1.54) is 4.68 Å². The molecule has 2 N–H and O–H groups in total. The number of nitrogens with zero attached hydrogens (tertiary/aromatic N) is 2. The number of aromatic nitrogens is 2. The van der Waals surface area contributed by atoms with Crippen molar-refractivity contribution in [3.05, 3.63) is 45.7 Å². The molecular formula is C17H17Cl2F3N4S. The van der Waals surface area contributed by atoms with Crippen LogP contribution in [0.1, 0.15) is 36.6 Å². The van der Waals surface area contributed by atoms with Crippen molar-refractivity contribution in [1.29, 1.82) is 0 Å². The van der Waals surface area contributed by atoms with Gasteiger partial charge in [0.05, 0.1) is 10.7 Å². The molecule has 27 heavy (non-hydrogen) atoms. The Morgan fingerprint density at radius 3 is 2.48 bits per heavy atom. The minimum Gasteiger partial charge on any atom is -0.362 e. The summed E-state index contributed by atoms with van der Waals surface area (Å²) in [6.07, 6.45) is -2.31. The lowest BCUT2D eigenvalue weighted by Crippen LogP contribution is -2.29. The Labute approximate surface area is 170 Å². The van der Waals surface area contributed by atoms with Crippen LogP contribution < -0.4 is 10.6 Å². The first-order chi connectivity index (χ1) is 12.8. The molecule has 0 amide bonds. The van der Waals surface area contributed by atoms with E-state index in [9.17, 15) is 13.2 Å². The van der Waals surface area contributed by atoms with Crippen LogP contribution in [0.15, 0.2) is 24.3 Å². The van der Waals surface area contributed by atoms with Crippen molar-refractivity contribution in [3.63, 3.8) is 0 Å². The van der Waals surface area contributed by atoms with Crippen molar-refractivity contribution >= 4 is 46.2 Å². The summed E-state index contributed by atoms with van der Waals surface area (Å²) in [6, 6.07) is 7.07. The molecule has 0 saturated heterocycles. The van der Waals surface area contributed by atoms with Crippen LogP contribution in [0.4, 0.5) is 18.9 Å². The molecule has 1 aliphatic rings. The number of nitrogens with one attached hydrogen (secondary N) is 2. The Morgan fingerprint density at radius 1 is 1.22 bits per heavy atom. The second-order valence-corrected chi connectivity index (χ2v) is 7.51. The SMILES string of the molecule is FC(F)(F)c1nn(CCCNC(=S)Nc2ccc(Cl)cc2)c(C2CC2)c1Cl. The van der Waals surface area contributed by atoms with Crippen LogP contribution in [0.3, 0.4) is 0 Å². The first kappa shape index (κ1) is 20.2. The van der Waals surface area contributed by atoms with Crippen molar-refractivity contribution < 1.29 is 13.2 Å². The zero-order chi connectivity index (χ0) is 19.6. The molecule has 0 unspecified atom stereocenters. The third-order valence-corrected chi connectivity index (χ3v) is 4.97. The molecule has 1 saturated carbocycles. The van der Waals surface area contributed by atoms with Gasteiger partial charge in [0.1, 0.15) is 0 Å². The normalized spacial score (nSPS) is 14.3. The summed E-state index contributed by atoms with van der Waals surface area (Å²) < 4.78 is 40.5. The molecule has 1 aromatic carbocycles. The Balaban J connectivity index is 1.53. The molecule has 4 nitrogen and oxygen atoms in total. The number of hydrogen-bond acceptors (Lipinski definition) is 2. The summed E-state index contributed by atoms with van der Waals surface area (Å²) in [5.74, 6) is 0.0710. The standard InChI is InChI=1S/C17H17Cl2F3N4S/c18-11-4-6-12(7-5-11)24-16(27)23-8-1-9-26-14(10-2-3-10)13(19)15(25-26)17(20,21)22/h4-7,10H,1-3,8-9H2,(H2,23,24,27). The van der Waals surface area contributed by atoms with Gasteiger partial charge in [-0.2, -0.15) is 18.3 Å². The molecule has 0 bridgehead atoms. The molecule has 1 fully saturated rings. The smallest absolute Gasteiger partial charge is 0.362 e. The predicted octanol–water partition coefficient (Wildman–Crippen LogP) is 5.46. The van der Waals surface area contributed by atoms with Crippen LogP contribution in [0, 0.1) is 0 Å². The third kappa shape index (κ3) is 5.27. The van der Waals surface area contributed by atoms with E-state index < -0.39 is 11.9 Å². The van der Waals surface area contributed by atoms with Crippen molar-refractivity contribution in [2.24, 2.45) is 0 Å². The van der Waals surface area contributed by atoms with Crippen LogP contribution in [0.2, 0.25) is 10.0 Å². The molecule has 0 spiro atoms. The second-order valence-electron chi connectivity index (χ2n) is 6.28. The summed E-state index contributed by atoms with van der Waals surface area (Å²) >= 11 is 17.0. The molecule has 10 heteroatoms. The number of benzene rings is 1. The maximum atomic E-state index is 13.0. The van der Waals surface area contributed by atoms with Gasteiger partial charge in [-0.3, -0.25) is 4.68 Å². The van der Waals surface area contributed by atoms with Gasteiger partial charge in [-0.05, 0) is 55.7 Å². The number of anilines is 1. The Bertz CT molecular complexity index is 817. The molecule has 0 radical (unpaired) electrons. The second kappa shape index (κ2) is 8.24. The van der Waals surface area contributed by atoms with E-state index in [0.29, 0.717) is 35.3 Å². The van der Waals surface area contributed by atoms with Gasteiger partial charge in [-0.15, -0.1) is 0 Å². The highest BCUT2D eigenvalue weighted by Gasteiger charge is 2.41. The van der Waals surface area contributed by atoms with Crippen molar-refractivity contribution in [2.75, 3.05) is 11.9 Å². The minimum absolute atomic E-state index is 0.0710. The van der Waals surface area contributed by atoms with Gasteiger partial charge in [-0.25, -0.2) is 0 Å². The highest BCUT2D eigenvalue weighted by molar-refractivity contribution is 7.80. The summed E-state index contributed by atoms with van der Waals surface area (Å²) in [4.78, 5) is 0. The van der Waals surface area contributed by atoms with E-state index in [4.69, 9.17) is 35.4 Å². The highest BCUT2D eigenvalue weighted by Crippen LogP contribution is 2.46. The van der Waals surface area contributed by atoms with Gasteiger partial charge in [0.15, 0.2) is 10.8 Å². The molecule has 146 valence electrons. The summed E-state index contributed by atoms with van der Waals surface area (Å²) in [5.41, 5.74) is 0.284. The minimum atomic E-state index is -4.55. The maximum absolute atomic E-state index is 13.0. The van der Waals surface area contributed by atoms with Crippen molar-refractivity contribution in [3.8, 4) is 0 Å². The fourth-order valence-corrected chi connectivity index (χ4v) is 3.43. The average Bonchev–Trinajstić information content (AvgIpc) is 3.36. The van der Waals surface area contributed by atoms with Crippen LogP contribution in [-0.2, 0) is 12.7 Å². The molecule has 1 aliphatic carbocycles. The molecular weight excluding hydrogens is 420 g/mol. The lowest BCUT2D eigenvalue weighted by atomic mass is 10.2. The fourth-order valence-electron chi connectivity index (χ4n) is 2.69. The van der Waals surface area contributed by atoms with Gasteiger partial charge >= 0.3 is 6.18 Å². The Kier molecular flexibility index (Phi) is 6.18. The number of aryl methyl sites for hydroxylation is 1. The van der Waals surface area contributed by atoms with Gasteiger partial charge < -0.3 is 10.6 Å². The number of thiocarbonyl (C=S) groups is 1. The number of hydrogen-bond donors (Lipinski definition) is 2. The van der Waals surface area contributed by atoms with E-state index in [0.717, 1.165) is 18.5 Å². The van der Waals surface area contributed by atoms with E-state index in [-0.39, 0.29) is 10.9 Å². The van der Waals surface area contributed by atoms with E-state index in [1.807, 2.05) is 0 Å². The number of halogens is 5. The number of rotatable bonds is 6. The average molecular weight is 437 g/mol.